The van der Waals surface area contributed by atoms with Gasteiger partial charge in [-0.2, -0.15) is 0 Å². The molecule has 1 N–H and O–H groups in total. The molecule has 0 fully saturated rings. The first-order valence-electron chi connectivity index (χ1n) is 8.02. The van der Waals surface area contributed by atoms with Crippen molar-refractivity contribution in [1.82, 2.24) is 5.32 Å². The second-order valence-electron chi connectivity index (χ2n) is 5.57. The summed E-state index contributed by atoms with van der Waals surface area (Å²) in [6.45, 7) is 1.99. The van der Waals surface area contributed by atoms with E-state index in [1.807, 2.05) is 47.8 Å². The molecule has 1 aromatic heterocycles. The quantitative estimate of drug-likeness (QED) is 0.582. The molecule has 0 unspecified atom stereocenters. The van der Waals surface area contributed by atoms with Crippen molar-refractivity contribution in [2.45, 2.75) is 19.7 Å². The predicted octanol–water partition coefficient (Wildman–Crippen LogP) is 5.28. The summed E-state index contributed by atoms with van der Waals surface area (Å²) in [4.78, 5) is 1.15. The maximum Gasteiger partial charge on any atom is 0.180 e. The molecule has 2 aromatic carbocycles. The molecule has 3 rings (SSSR count). The van der Waals surface area contributed by atoms with Gasteiger partial charge >= 0.3 is 0 Å². The normalized spacial score (nSPS) is 10.6. The minimum atomic E-state index is 0.485. The molecule has 25 heavy (non-hydrogen) atoms. The van der Waals surface area contributed by atoms with E-state index in [9.17, 15) is 0 Å². The molecule has 0 bridgehead atoms. The maximum absolute atomic E-state index is 6.42. The monoisotopic (exact) mass is 373 g/mol. The van der Waals surface area contributed by atoms with Crippen LogP contribution < -0.4 is 14.8 Å². The average Bonchev–Trinajstić information content (AvgIpc) is 3.15. The van der Waals surface area contributed by atoms with Crippen molar-refractivity contribution in [1.29, 1.82) is 0 Å². The molecule has 0 aliphatic carbocycles. The van der Waals surface area contributed by atoms with Crippen LogP contribution in [-0.2, 0) is 19.7 Å². The summed E-state index contributed by atoms with van der Waals surface area (Å²) in [5, 5.41) is 6.01. The zero-order valence-corrected chi connectivity index (χ0v) is 15.6. The van der Waals surface area contributed by atoms with Crippen LogP contribution in [0.2, 0.25) is 5.02 Å². The van der Waals surface area contributed by atoms with Gasteiger partial charge in [-0.1, -0.05) is 48.0 Å². The topological polar surface area (TPSA) is 30.5 Å². The Kier molecular flexibility index (Phi) is 6.34. The Labute approximate surface area is 157 Å². The lowest BCUT2D eigenvalue weighted by atomic mass is 10.2. The number of benzene rings is 2. The molecule has 0 saturated heterocycles. The molecule has 3 aromatic rings. The molecule has 1 heterocycles. The van der Waals surface area contributed by atoms with Crippen LogP contribution in [0.25, 0.3) is 0 Å². The zero-order chi connectivity index (χ0) is 17.5. The molecule has 0 atom stereocenters. The fourth-order valence-electron chi connectivity index (χ4n) is 2.50. The van der Waals surface area contributed by atoms with E-state index in [-0.39, 0.29) is 0 Å². The van der Waals surface area contributed by atoms with Crippen LogP contribution >= 0.6 is 22.9 Å². The van der Waals surface area contributed by atoms with E-state index in [1.54, 1.807) is 18.4 Å². The number of halogens is 1. The summed E-state index contributed by atoms with van der Waals surface area (Å²) in [5.74, 6) is 1.24. The number of ether oxygens (including phenoxy) is 2. The van der Waals surface area contributed by atoms with E-state index in [0.29, 0.717) is 29.7 Å². The van der Waals surface area contributed by atoms with Crippen molar-refractivity contribution in [3.63, 3.8) is 0 Å². The third-order valence-electron chi connectivity index (χ3n) is 3.73. The van der Waals surface area contributed by atoms with Gasteiger partial charge in [-0.25, -0.2) is 0 Å². The lowest BCUT2D eigenvalue weighted by molar-refractivity contribution is 0.287. The van der Waals surface area contributed by atoms with Gasteiger partial charge in [0.25, 0.3) is 0 Å². The van der Waals surface area contributed by atoms with Crippen molar-refractivity contribution in [2.75, 3.05) is 7.11 Å². The highest BCUT2D eigenvalue weighted by atomic mass is 35.5. The Morgan fingerprint density at radius 2 is 1.80 bits per heavy atom. The number of nitrogens with one attached hydrogen (secondary N) is 1. The van der Waals surface area contributed by atoms with Crippen LogP contribution in [0.15, 0.2) is 60.0 Å². The average molecular weight is 374 g/mol. The van der Waals surface area contributed by atoms with Gasteiger partial charge < -0.3 is 14.8 Å². The minimum Gasteiger partial charge on any atom is -0.493 e. The smallest absolute Gasteiger partial charge is 0.180 e. The van der Waals surface area contributed by atoms with Gasteiger partial charge in [-0.05, 0) is 34.7 Å². The molecule has 0 spiro atoms. The Hall–Kier alpha value is -2.01. The van der Waals surface area contributed by atoms with E-state index < -0.39 is 0 Å². The summed E-state index contributed by atoms with van der Waals surface area (Å²) in [6, 6.07) is 18.2. The summed E-state index contributed by atoms with van der Waals surface area (Å²) < 4.78 is 11.3. The van der Waals surface area contributed by atoms with Crippen LogP contribution in [0.3, 0.4) is 0 Å². The van der Waals surface area contributed by atoms with Crippen LogP contribution in [0, 0.1) is 0 Å². The second-order valence-corrected chi connectivity index (χ2v) is 7.01. The van der Waals surface area contributed by atoms with Crippen molar-refractivity contribution in [3.05, 3.63) is 81.0 Å². The Morgan fingerprint density at radius 3 is 2.52 bits per heavy atom. The third-order valence-corrected chi connectivity index (χ3v) is 4.86. The summed E-state index contributed by atoms with van der Waals surface area (Å²) >= 11 is 8.07. The predicted molar refractivity (Wildman–Crippen MR) is 104 cm³/mol. The molecule has 5 heteroatoms. The lowest BCUT2D eigenvalue weighted by Crippen LogP contribution is -2.12. The molecule has 0 radical (unpaired) electrons. The maximum atomic E-state index is 6.42. The number of methoxy groups -OCH3 is 1. The number of hydrogen-bond acceptors (Lipinski definition) is 4. The van der Waals surface area contributed by atoms with Gasteiger partial charge in [-0.15, -0.1) is 11.3 Å². The summed E-state index contributed by atoms with van der Waals surface area (Å²) in [6.07, 6.45) is 0. The molecule has 3 nitrogen and oxygen atoms in total. The van der Waals surface area contributed by atoms with Crippen molar-refractivity contribution in [3.8, 4) is 11.5 Å². The highest BCUT2D eigenvalue weighted by molar-refractivity contribution is 7.09. The van der Waals surface area contributed by atoms with Crippen LogP contribution in [0.4, 0.5) is 0 Å². The molecule has 0 saturated carbocycles. The van der Waals surface area contributed by atoms with Gasteiger partial charge in [0.1, 0.15) is 6.61 Å². The van der Waals surface area contributed by atoms with Crippen molar-refractivity contribution >= 4 is 22.9 Å². The van der Waals surface area contributed by atoms with Crippen molar-refractivity contribution in [2.24, 2.45) is 0 Å². The molecular formula is C20H20ClNO2S. The fourth-order valence-corrected chi connectivity index (χ4v) is 3.40. The first-order chi connectivity index (χ1) is 12.3. The highest BCUT2D eigenvalue weighted by Crippen LogP contribution is 2.37. The lowest BCUT2D eigenvalue weighted by Gasteiger charge is -2.14. The van der Waals surface area contributed by atoms with Gasteiger partial charge in [0.15, 0.2) is 11.5 Å². The van der Waals surface area contributed by atoms with Gasteiger partial charge in [-0.3, -0.25) is 0 Å². The second kappa shape index (κ2) is 8.90. The summed E-state index contributed by atoms with van der Waals surface area (Å²) in [5.41, 5.74) is 2.30. The van der Waals surface area contributed by atoms with E-state index in [1.165, 1.54) is 5.56 Å². The highest BCUT2D eigenvalue weighted by Gasteiger charge is 2.12. The minimum absolute atomic E-state index is 0.485. The zero-order valence-electron chi connectivity index (χ0n) is 14.0. The Morgan fingerprint density at radius 1 is 1.00 bits per heavy atom. The fraction of sp³-hybridized carbons (Fsp3) is 0.200. The summed E-state index contributed by atoms with van der Waals surface area (Å²) in [7, 11) is 1.63. The molecule has 0 amide bonds. The van der Waals surface area contributed by atoms with Crippen LogP contribution in [0.1, 0.15) is 16.0 Å². The Bertz CT molecular complexity index is 791. The third kappa shape index (κ3) is 4.98. The van der Waals surface area contributed by atoms with Gasteiger partial charge in [0.2, 0.25) is 0 Å². The standard InChI is InChI=1S/C20H20ClNO2S/c1-23-19-11-16(13-22-12-15-6-3-2-4-7-15)10-18(21)20(19)24-14-17-8-5-9-25-17/h2-11,22H,12-14H2,1H3. The first-order valence-corrected chi connectivity index (χ1v) is 9.28. The van der Waals surface area contributed by atoms with Crippen LogP contribution in [0.5, 0.6) is 11.5 Å². The molecule has 130 valence electrons. The Balaban J connectivity index is 1.64. The molecular weight excluding hydrogens is 354 g/mol. The number of hydrogen-bond donors (Lipinski definition) is 1. The molecule has 0 aliphatic heterocycles. The SMILES string of the molecule is COc1cc(CNCc2ccccc2)cc(Cl)c1OCc1cccs1. The largest absolute Gasteiger partial charge is 0.493 e. The van der Waals surface area contributed by atoms with Gasteiger partial charge in [0.05, 0.1) is 12.1 Å². The van der Waals surface area contributed by atoms with Crippen LogP contribution in [-0.4, -0.2) is 7.11 Å². The first kappa shape index (κ1) is 17.8. The van der Waals surface area contributed by atoms with E-state index >= 15 is 0 Å². The van der Waals surface area contributed by atoms with Crippen molar-refractivity contribution < 1.29 is 9.47 Å². The van der Waals surface area contributed by atoms with E-state index in [4.69, 9.17) is 21.1 Å². The number of rotatable bonds is 8. The van der Waals surface area contributed by atoms with E-state index in [0.717, 1.165) is 17.0 Å². The number of thiophene rings is 1. The van der Waals surface area contributed by atoms with E-state index in [2.05, 4.69) is 17.4 Å². The van der Waals surface area contributed by atoms with Gasteiger partial charge in [0, 0.05) is 18.0 Å². The molecule has 0 aliphatic rings.